The Kier molecular flexibility index (Phi) is 3.36. The second-order valence-electron chi connectivity index (χ2n) is 4.46. The summed E-state index contributed by atoms with van der Waals surface area (Å²) in [5.41, 5.74) is 0.814. The van der Waals surface area contributed by atoms with Gasteiger partial charge < -0.3 is 9.73 Å². The Labute approximate surface area is 105 Å². The van der Waals surface area contributed by atoms with Gasteiger partial charge in [-0.2, -0.15) is 0 Å². The Bertz CT molecular complexity index is 589. The van der Waals surface area contributed by atoms with Crippen molar-refractivity contribution in [2.45, 2.75) is 33.2 Å². The van der Waals surface area contributed by atoms with E-state index in [4.69, 9.17) is 4.42 Å². The van der Waals surface area contributed by atoms with Crippen molar-refractivity contribution >= 4 is 16.9 Å². The molecule has 96 valence electrons. The van der Waals surface area contributed by atoms with Crippen LogP contribution in [-0.2, 0) is 0 Å². The first-order valence-electron chi connectivity index (χ1n) is 6.03. The molecule has 0 radical (unpaired) electrons. The monoisotopic (exact) mass is 249 g/mol. The number of furan rings is 1. The predicted octanol–water partition coefficient (Wildman–Crippen LogP) is 3.41. The summed E-state index contributed by atoms with van der Waals surface area (Å²) >= 11 is 0. The van der Waals surface area contributed by atoms with Gasteiger partial charge in [0, 0.05) is 17.0 Å². The van der Waals surface area contributed by atoms with Gasteiger partial charge >= 0.3 is 0 Å². The molecule has 1 unspecified atom stereocenters. The van der Waals surface area contributed by atoms with Crippen molar-refractivity contribution in [3.63, 3.8) is 0 Å². The van der Waals surface area contributed by atoms with Crippen LogP contribution in [0.5, 0.6) is 0 Å². The number of fused-ring (bicyclic) bond motifs is 1. The van der Waals surface area contributed by atoms with E-state index in [0.29, 0.717) is 10.9 Å². The average Bonchev–Trinajstić information content (AvgIpc) is 2.69. The normalized spacial score (nSPS) is 12.7. The summed E-state index contributed by atoms with van der Waals surface area (Å²) in [6.07, 6.45) is 0.833. The number of nitrogens with one attached hydrogen (secondary N) is 1. The molecule has 1 amide bonds. The molecule has 0 aliphatic carbocycles. The number of aryl methyl sites for hydroxylation is 1. The minimum atomic E-state index is -0.446. The molecule has 0 aliphatic rings. The van der Waals surface area contributed by atoms with Gasteiger partial charge in [0.15, 0.2) is 17.2 Å². The fraction of sp³-hybridized carbons (Fsp3) is 0.357. The van der Waals surface area contributed by atoms with E-state index < -0.39 is 5.82 Å². The van der Waals surface area contributed by atoms with Gasteiger partial charge in [0.05, 0.1) is 0 Å². The van der Waals surface area contributed by atoms with Crippen molar-refractivity contribution < 1.29 is 13.6 Å². The van der Waals surface area contributed by atoms with E-state index in [0.717, 1.165) is 6.42 Å². The van der Waals surface area contributed by atoms with Crippen molar-refractivity contribution in [3.05, 3.63) is 35.3 Å². The molecule has 1 atom stereocenters. The number of carbonyl (C=O) groups excluding carboxylic acids is 1. The van der Waals surface area contributed by atoms with Gasteiger partial charge in [-0.05, 0) is 26.3 Å². The van der Waals surface area contributed by atoms with E-state index in [1.165, 1.54) is 6.07 Å². The van der Waals surface area contributed by atoms with Crippen LogP contribution in [0, 0.1) is 12.7 Å². The van der Waals surface area contributed by atoms with Gasteiger partial charge in [0.2, 0.25) is 0 Å². The van der Waals surface area contributed by atoms with E-state index in [1.54, 1.807) is 19.1 Å². The lowest BCUT2D eigenvalue weighted by Gasteiger charge is -2.09. The molecule has 4 heteroatoms. The highest BCUT2D eigenvalue weighted by Gasteiger charge is 2.20. The third kappa shape index (κ3) is 2.10. The lowest BCUT2D eigenvalue weighted by atomic mass is 10.1. The third-order valence-electron chi connectivity index (χ3n) is 3.11. The molecule has 0 spiro atoms. The largest absolute Gasteiger partial charge is 0.448 e. The molecular formula is C14H16FNO2. The molecule has 0 aliphatic heterocycles. The van der Waals surface area contributed by atoms with Gasteiger partial charge in [-0.3, -0.25) is 4.79 Å². The first kappa shape index (κ1) is 12.6. The zero-order valence-electron chi connectivity index (χ0n) is 10.7. The second-order valence-corrected chi connectivity index (χ2v) is 4.46. The first-order chi connectivity index (χ1) is 8.54. The van der Waals surface area contributed by atoms with Crippen molar-refractivity contribution in [2.24, 2.45) is 0 Å². The number of amides is 1. The van der Waals surface area contributed by atoms with Crippen molar-refractivity contribution in [1.29, 1.82) is 0 Å². The van der Waals surface area contributed by atoms with Crippen LogP contribution in [0.1, 0.15) is 36.4 Å². The molecule has 2 aromatic rings. The molecular weight excluding hydrogens is 233 g/mol. The molecule has 0 fully saturated rings. The minimum Gasteiger partial charge on any atom is -0.448 e. The summed E-state index contributed by atoms with van der Waals surface area (Å²) in [5, 5.41) is 3.45. The maximum absolute atomic E-state index is 13.5. The SMILES string of the molecule is CCC(C)NC(=O)c1oc2c(F)cccc2c1C. The van der Waals surface area contributed by atoms with Crippen LogP contribution in [-0.4, -0.2) is 11.9 Å². The lowest BCUT2D eigenvalue weighted by Crippen LogP contribution is -2.32. The Morgan fingerprint density at radius 2 is 2.22 bits per heavy atom. The first-order valence-corrected chi connectivity index (χ1v) is 6.03. The number of benzene rings is 1. The predicted molar refractivity (Wildman–Crippen MR) is 68.1 cm³/mol. The number of halogens is 1. The number of carbonyl (C=O) groups is 1. The summed E-state index contributed by atoms with van der Waals surface area (Å²) < 4.78 is 18.9. The molecule has 0 saturated carbocycles. The lowest BCUT2D eigenvalue weighted by molar-refractivity contribution is 0.0912. The number of hydrogen-bond donors (Lipinski definition) is 1. The van der Waals surface area contributed by atoms with Crippen molar-refractivity contribution in [1.82, 2.24) is 5.32 Å². The Morgan fingerprint density at radius 3 is 2.83 bits per heavy atom. The topological polar surface area (TPSA) is 42.2 Å². The van der Waals surface area contributed by atoms with E-state index in [-0.39, 0.29) is 23.3 Å². The van der Waals surface area contributed by atoms with Crippen LogP contribution >= 0.6 is 0 Å². The number of hydrogen-bond acceptors (Lipinski definition) is 2. The average molecular weight is 249 g/mol. The highest BCUT2D eigenvalue weighted by molar-refractivity contribution is 5.99. The molecule has 18 heavy (non-hydrogen) atoms. The third-order valence-corrected chi connectivity index (χ3v) is 3.11. The summed E-state index contributed by atoms with van der Waals surface area (Å²) in [7, 11) is 0. The summed E-state index contributed by atoms with van der Waals surface area (Å²) in [6, 6.07) is 4.74. The van der Waals surface area contributed by atoms with Crippen LogP contribution < -0.4 is 5.32 Å². The quantitative estimate of drug-likeness (QED) is 0.905. The molecule has 3 nitrogen and oxygen atoms in total. The standard InChI is InChI=1S/C14H16FNO2/c1-4-8(2)16-14(17)12-9(3)10-6-5-7-11(15)13(10)18-12/h5-8H,4H2,1-3H3,(H,16,17). The van der Waals surface area contributed by atoms with Gasteiger partial charge in [0.1, 0.15) is 0 Å². The molecule has 1 heterocycles. The van der Waals surface area contributed by atoms with Crippen LogP contribution in [0.25, 0.3) is 11.0 Å². The van der Waals surface area contributed by atoms with E-state index in [9.17, 15) is 9.18 Å². The Morgan fingerprint density at radius 1 is 1.50 bits per heavy atom. The fourth-order valence-electron chi connectivity index (χ4n) is 1.82. The Hall–Kier alpha value is -1.84. The fourth-order valence-corrected chi connectivity index (χ4v) is 1.82. The Balaban J connectivity index is 2.43. The van der Waals surface area contributed by atoms with Crippen LogP contribution in [0.15, 0.2) is 22.6 Å². The molecule has 2 rings (SSSR count). The summed E-state index contributed by atoms with van der Waals surface area (Å²) in [4.78, 5) is 12.0. The van der Waals surface area contributed by atoms with Crippen molar-refractivity contribution in [3.8, 4) is 0 Å². The molecule has 0 bridgehead atoms. The highest BCUT2D eigenvalue weighted by atomic mass is 19.1. The molecule has 1 aromatic heterocycles. The zero-order valence-corrected chi connectivity index (χ0v) is 10.7. The summed E-state index contributed by atoms with van der Waals surface area (Å²) in [6.45, 7) is 5.66. The van der Waals surface area contributed by atoms with E-state index in [1.807, 2.05) is 13.8 Å². The van der Waals surface area contributed by atoms with Crippen molar-refractivity contribution in [2.75, 3.05) is 0 Å². The second kappa shape index (κ2) is 4.80. The minimum absolute atomic E-state index is 0.0648. The number of para-hydroxylation sites is 1. The summed E-state index contributed by atoms with van der Waals surface area (Å²) in [5.74, 6) is -0.550. The zero-order chi connectivity index (χ0) is 13.3. The van der Waals surface area contributed by atoms with Gasteiger partial charge in [0.25, 0.3) is 5.91 Å². The maximum atomic E-state index is 13.5. The van der Waals surface area contributed by atoms with Crippen LogP contribution in [0.2, 0.25) is 0 Å². The molecule has 1 aromatic carbocycles. The van der Waals surface area contributed by atoms with E-state index >= 15 is 0 Å². The van der Waals surface area contributed by atoms with Crippen LogP contribution in [0.3, 0.4) is 0 Å². The highest BCUT2D eigenvalue weighted by Crippen LogP contribution is 2.27. The van der Waals surface area contributed by atoms with Gasteiger partial charge in [-0.25, -0.2) is 4.39 Å². The van der Waals surface area contributed by atoms with Crippen LogP contribution in [0.4, 0.5) is 4.39 Å². The molecule has 0 saturated heterocycles. The van der Waals surface area contributed by atoms with E-state index in [2.05, 4.69) is 5.32 Å². The number of rotatable bonds is 3. The van der Waals surface area contributed by atoms with Gasteiger partial charge in [-0.1, -0.05) is 19.1 Å². The van der Waals surface area contributed by atoms with Gasteiger partial charge in [-0.15, -0.1) is 0 Å². The smallest absolute Gasteiger partial charge is 0.287 e. The maximum Gasteiger partial charge on any atom is 0.287 e. The molecule has 1 N–H and O–H groups in total.